The van der Waals surface area contributed by atoms with Gasteiger partial charge in [-0.2, -0.15) is 5.10 Å². The van der Waals surface area contributed by atoms with Crippen LogP contribution in [0.3, 0.4) is 0 Å². The molecule has 1 aromatic carbocycles. The Bertz CT molecular complexity index is 682. The molecule has 0 radical (unpaired) electrons. The van der Waals surface area contributed by atoms with Crippen LogP contribution >= 0.6 is 0 Å². The Morgan fingerprint density at radius 3 is 2.92 bits per heavy atom. The van der Waals surface area contributed by atoms with Crippen molar-refractivity contribution in [3.8, 4) is 5.69 Å². The molecule has 1 aromatic heterocycles. The summed E-state index contributed by atoms with van der Waals surface area (Å²) in [4.78, 5) is 16.2. The minimum atomic E-state index is -0.297. The number of anilines is 1. The predicted molar refractivity (Wildman–Crippen MR) is 90.7 cm³/mol. The third kappa shape index (κ3) is 4.20. The molecule has 126 valence electrons. The van der Waals surface area contributed by atoms with E-state index in [0.717, 1.165) is 24.2 Å². The van der Waals surface area contributed by atoms with Gasteiger partial charge in [0.1, 0.15) is 18.8 Å². The molecule has 0 fully saturated rings. The number of rotatable bonds is 6. The molecule has 2 aromatic rings. The third-order valence-electron chi connectivity index (χ3n) is 3.89. The molecule has 2 atom stereocenters. The molecule has 0 spiro atoms. The van der Waals surface area contributed by atoms with Crippen molar-refractivity contribution < 1.29 is 9.53 Å². The lowest BCUT2D eigenvalue weighted by Crippen LogP contribution is -2.42. The number of nitrogens with one attached hydrogen (secondary N) is 2. The van der Waals surface area contributed by atoms with Crippen LogP contribution in [-0.4, -0.2) is 39.4 Å². The molecule has 0 saturated heterocycles. The van der Waals surface area contributed by atoms with Gasteiger partial charge in [0.05, 0.1) is 18.0 Å². The highest BCUT2D eigenvalue weighted by Gasteiger charge is 2.16. The molecule has 3 rings (SSSR count). The maximum atomic E-state index is 12.2. The molecule has 0 saturated carbocycles. The number of nitrogens with zero attached hydrogens (tertiary/aromatic N) is 3. The molecule has 1 amide bonds. The van der Waals surface area contributed by atoms with Gasteiger partial charge < -0.3 is 15.4 Å². The maximum Gasteiger partial charge on any atom is 0.241 e. The van der Waals surface area contributed by atoms with Gasteiger partial charge in [-0.15, -0.1) is 0 Å². The van der Waals surface area contributed by atoms with Gasteiger partial charge in [0.2, 0.25) is 5.91 Å². The lowest BCUT2D eigenvalue weighted by molar-refractivity contribution is -0.117. The Labute approximate surface area is 140 Å². The zero-order chi connectivity index (χ0) is 16.8. The summed E-state index contributed by atoms with van der Waals surface area (Å²) in [5, 5.41) is 10.2. The van der Waals surface area contributed by atoms with Crippen molar-refractivity contribution in [1.29, 1.82) is 0 Å². The van der Waals surface area contributed by atoms with Gasteiger partial charge in [-0.05, 0) is 50.1 Å². The zero-order valence-corrected chi connectivity index (χ0v) is 13.6. The second-order valence-electron chi connectivity index (χ2n) is 5.71. The standard InChI is InChI=1S/C17H21N5O2/c1-13(19-10-16-4-2-3-9-24-16)17(23)21-14-5-7-15(8-6-14)22-12-18-11-20-22/h3,5-9,11-13,16,19H,2,4,10H2,1H3,(H,21,23). The van der Waals surface area contributed by atoms with Gasteiger partial charge in [-0.3, -0.25) is 4.79 Å². The topological polar surface area (TPSA) is 81.1 Å². The first-order valence-corrected chi connectivity index (χ1v) is 8.02. The van der Waals surface area contributed by atoms with E-state index in [4.69, 9.17) is 4.74 Å². The fourth-order valence-corrected chi connectivity index (χ4v) is 2.43. The number of benzene rings is 1. The molecule has 7 nitrogen and oxygen atoms in total. The molecule has 7 heteroatoms. The summed E-state index contributed by atoms with van der Waals surface area (Å²) in [5.74, 6) is -0.0742. The monoisotopic (exact) mass is 327 g/mol. The van der Waals surface area contributed by atoms with Crippen LogP contribution in [-0.2, 0) is 9.53 Å². The predicted octanol–water partition coefficient (Wildman–Crippen LogP) is 1.88. The van der Waals surface area contributed by atoms with Crippen LogP contribution in [0.25, 0.3) is 5.69 Å². The minimum Gasteiger partial charge on any atom is -0.497 e. The number of carbonyl (C=O) groups is 1. The molecular formula is C17H21N5O2. The first-order valence-electron chi connectivity index (χ1n) is 8.02. The maximum absolute atomic E-state index is 12.2. The Hall–Kier alpha value is -2.67. The van der Waals surface area contributed by atoms with Crippen LogP contribution in [0.1, 0.15) is 19.8 Å². The fraction of sp³-hybridized carbons (Fsp3) is 0.353. The van der Waals surface area contributed by atoms with E-state index in [1.54, 1.807) is 17.3 Å². The molecule has 24 heavy (non-hydrogen) atoms. The number of amides is 1. The van der Waals surface area contributed by atoms with E-state index in [0.29, 0.717) is 6.54 Å². The largest absolute Gasteiger partial charge is 0.497 e. The molecular weight excluding hydrogens is 306 g/mol. The van der Waals surface area contributed by atoms with E-state index in [-0.39, 0.29) is 18.1 Å². The number of carbonyl (C=O) groups excluding carboxylic acids is 1. The van der Waals surface area contributed by atoms with E-state index in [2.05, 4.69) is 20.7 Å². The highest BCUT2D eigenvalue weighted by atomic mass is 16.5. The van der Waals surface area contributed by atoms with Gasteiger partial charge in [-0.1, -0.05) is 0 Å². The lowest BCUT2D eigenvalue weighted by Gasteiger charge is -2.22. The second kappa shape index (κ2) is 7.74. The van der Waals surface area contributed by atoms with E-state index in [9.17, 15) is 4.79 Å². The first kappa shape index (κ1) is 16.2. The molecule has 0 bridgehead atoms. The van der Waals surface area contributed by atoms with Gasteiger partial charge in [0.25, 0.3) is 0 Å². The number of aromatic nitrogens is 3. The van der Waals surface area contributed by atoms with Gasteiger partial charge in [-0.25, -0.2) is 9.67 Å². The number of hydrogen-bond acceptors (Lipinski definition) is 5. The highest BCUT2D eigenvalue weighted by Crippen LogP contribution is 2.13. The van der Waals surface area contributed by atoms with E-state index in [1.807, 2.05) is 37.3 Å². The van der Waals surface area contributed by atoms with Crippen molar-refractivity contribution in [3.05, 3.63) is 49.3 Å². The van der Waals surface area contributed by atoms with Crippen molar-refractivity contribution in [2.24, 2.45) is 0 Å². The molecule has 1 aliphatic rings. The Balaban J connectivity index is 1.49. The van der Waals surface area contributed by atoms with E-state index in [1.165, 1.54) is 6.33 Å². The van der Waals surface area contributed by atoms with Crippen molar-refractivity contribution in [1.82, 2.24) is 20.1 Å². The fourth-order valence-electron chi connectivity index (χ4n) is 2.43. The summed E-state index contributed by atoms with van der Waals surface area (Å²) in [6, 6.07) is 7.15. The zero-order valence-electron chi connectivity index (χ0n) is 13.6. The number of hydrogen-bond donors (Lipinski definition) is 2. The Kier molecular flexibility index (Phi) is 5.22. The molecule has 2 N–H and O–H groups in total. The summed E-state index contributed by atoms with van der Waals surface area (Å²) in [5.41, 5.74) is 1.63. The minimum absolute atomic E-state index is 0.0742. The van der Waals surface area contributed by atoms with Crippen LogP contribution in [0.4, 0.5) is 5.69 Å². The van der Waals surface area contributed by atoms with Crippen molar-refractivity contribution >= 4 is 11.6 Å². The average Bonchev–Trinajstić information content (AvgIpc) is 3.16. The molecule has 1 aliphatic heterocycles. The summed E-state index contributed by atoms with van der Waals surface area (Å²) in [7, 11) is 0. The molecule has 2 heterocycles. The normalized spacial score (nSPS) is 18.0. The Morgan fingerprint density at radius 1 is 1.42 bits per heavy atom. The van der Waals surface area contributed by atoms with E-state index < -0.39 is 0 Å². The quantitative estimate of drug-likeness (QED) is 0.846. The van der Waals surface area contributed by atoms with Crippen LogP contribution in [0.15, 0.2) is 49.3 Å². The van der Waals surface area contributed by atoms with Crippen molar-refractivity contribution in [2.75, 3.05) is 11.9 Å². The van der Waals surface area contributed by atoms with Crippen LogP contribution in [0.2, 0.25) is 0 Å². The van der Waals surface area contributed by atoms with Crippen LogP contribution < -0.4 is 10.6 Å². The Morgan fingerprint density at radius 2 is 2.25 bits per heavy atom. The van der Waals surface area contributed by atoms with Gasteiger partial charge in [0, 0.05) is 12.2 Å². The second-order valence-corrected chi connectivity index (χ2v) is 5.71. The smallest absolute Gasteiger partial charge is 0.241 e. The van der Waals surface area contributed by atoms with E-state index >= 15 is 0 Å². The molecule has 0 aliphatic carbocycles. The summed E-state index contributed by atoms with van der Waals surface area (Å²) < 4.78 is 7.15. The summed E-state index contributed by atoms with van der Waals surface area (Å²) in [6.07, 6.45) is 8.98. The summed E-state index contributed by atoms with van der Waals surface area (Å²) in [6.45, 7) is 2.50. The first-order chi connectivity index (χ1) is 11.7. The molecule has 2 unspecified atom stereocenters. The highest BCUT2D eigenvalue weighted by molar-refractivity contribution is 5.94. The number of ether oxygens (including phenoxy) is 1. The van der Waals surface area contributed by atoms with Crippen LogP contribution in [0, 0.1) is 0 Å². The average molecular weight is 327 g/mol. The number of allylic oxidation sites excluding steroid dienone is 1. The lowest BCUT2D eigenvalue weighted by atomic mass is 10.1. The van der Waals surface area contributed by atoms with Crippen molar-refractivity contribution in [2.45, 2.75) is 31.9 Å². The van der Waals surface area contributed by atoms with Crippen molar-refractivity contribution in [3.63, 3.8) is 0 Å². The van der Waals surface area contributed by atoms with Crippen LogP contribution in [0.5, 0.6) is 0 Å². The van der Waals surface area contributed by atoms with Gasteiger partial charge in [0.15, 0.2) is 0 Å². The third-order valence-corrected chi connectivity index (χ3v) is 3.89. The van der Waals surface area contributed by atoms with Gasteiger partial charge >= 0.3 is 0 Å². The summed E-state index contributed by atoms with van der Waals surface area (Å²) >= 11 is 0. The SMILES string of the molecule is CC(NCC1CCC=CO1)C(=O)Nc1ccc(-n2cncn2)cc1.